The number of hydrogen-bond donors (Lipinski definition) is 2. The van der Waals surface area contributed by atoms with Crippen molar-refractivity contribution >= 4 is 29.3 Å². The largest absolute Gasteiger partial charge is 0.324 e. The number of rotatable bonds is 5. The second kappa shape index (κ2) is 8.20. The standard InChI is InChI=1S/C17H18N4OS/c1-12-6-5-11-19-16(12)21-17(22)20-14-7-3-4-8-15(14)23-13(2)9-10-18/h3-8,11,13H,9H2,1-2H3,(H2,19,20,21,22)/t13-/m1/s1. The van der Waals surface area contributed by atoms with Crippen LogP contribution < -0.4 is 10.6 Å². The zero-order valence-electron chi connectivity index (χ0n) is 13.0. The molecule has 1 atom stereocenters. The van der Waals surface area contributed by atoms with Gasteiger partial charge in [-0.2, -0.15) is 5.26 Å². The van der Waals surface area contributed by atoms with Crippen LogP contribution in [0.3, 0.4) is 0 Å². The predicted octanol–water partition coefficient (Wildman–Crippen LogP) is 4.43. The maximum absolute atomic E-state index is 12.2. The Labute approximate surface area is 140 Å². The molecule has 2 amide bonds. The number of nitrogens with one attached hydrogen (secondary N) is 2. The lowest BCUT2D eigenvalue weighted by atomic mass is 10.3. The van der Waals surface area contributed by atoms with Crippen molar-refractivity contribution in [2.75, 3.05) is 10.6 Å². The van der Waals surface area contributed by atoms with Crippen LogP contribution in [0.1, 0.15) is 18.9 Å². The van der Waals surface area contributed by atoms with Gasteiger partial charge in [0.15, 0.2) is 0 Å². The Morgan fingerprint density at radius 3 is 2.83 bits per heavy atom. The highest BCUT2D eigenvalue weighted by Gasteiger charge is 2.11. The number of aryl methyl sites for hydroxylation is 1. The Morgan fingerprint density at radius 1 is 1.30 bits per heavy atom. The third-order valence-electron chi connectivity index (χ3n) is 3.08. The first-order valence-corrected chi connectivity index (χ1v) is 8.10. The molecule has 0 unspecified atom stereocenters. The summed E-state index contributed by atoms with van der Waals surface area (Å²) in [6.07, 6.45) is 2.09. The quantitative estimate of drug-likeness (QED) is 0.797. The average Bonchev–Trinajstić information content (AvgIpc) is 2.52. The van der Waals surface area contributed by atoms with Crippen molar-refractivity contribution in [1.82, 2.24) is 4.98 Å². The highest BCUT2D eigenvalue weighted by atomic mass is 32.2. The predicted molar refractivity (Wildman–Crippen MR) is 93.6 cm³/mol. The van der Waals surface area contributed by atoms with E-state index in [4.69, 9.17) is 5.26 Å². The van der Waals surface area contributed by atoms with Crippen LogP contribution in [-0.4, -0.2) is 16.3 Å². The Balaban J connectivity index is 2.06. The minimum Gasteiger partial charge on any atom is -0.307 e. The van der Waals surface area contributed by atoms with E-state index >= 15 is 0 Å². The Kier molecular flexibility index (Phi) is 6.01. The number of pyridine rings is 1. The molecule has 5 nitrogen and oxygen atoms in total. The number of benzene rings is 1. The fraction of sp³-hybridized carbons (Fsp3) is 0.235. The first kappa shape index (κ1) is 16.8. The topological polar surface area (TPSA) is 77.8 Å². The van der Waals surface area contributed by atoms with Crippen LogP contribution in [0.4, 0.5) is 16.3 Å². The zero-order valence-corrected chi connectivity index (χ0v) is 13.9. The lowest BCUT2D eigenvalue weighted by Gasteiger charge is -2.14. The molecule has 0 saturated heterocycles. The Morgan fingerprint density at radius 2 is 2.09 bits per heavy atom. The molecule has 0 fully saturated rings. The summed E-state index contributed by atoms with van der Waals surface area (Å²) >= 11 is 1.57. The van der Waals surface area contributed by atoms with Gasteiger partial charge in [-0.1, -0.05) is 25.1 Å². The van der Waals surface area contributed by atoms with E-state index in [0.29, 0.717) is 17.9 Å². The molecule has 1 heterocycles. The molecule has 0 saturated carbocycles. The lowest BCUT2D eigenvalue weighted by molar-refractivity contribution is 0.262. The summed E-state index contributed by atoms with van der Waals surface area (Å²) in [5.41, 5.74) is 1.61. The number of carbonyl (C=O) groups excluding carboxylic acids is 1. The molecular weight excluding hydrogens is 308 g/mol. The molecule has 1 aromatic carbocycles. The molecule has 2 rings (SSSR count). The maximum atomic E-state index is 12.2. The fourth-order valence-corrected chi connectivity index (χ4v) is 2.93. The number of anilines is 2. The number of urea groups is 1. The van der Waals surface area contributed by atoms with Crippen LogP contribution in [0.25, 0.3) is 0 Å². The van der Waals surface area contributed by atoms with Gasteiger partial charge in [-0.25, -0.2) is 9.78 Å². The van der Waals surface area contributed by atoms with Crippen molar-refractivity contribution in [2.45, 2.75) is 30.4 Å². The molecule has 2 aromatic rings. The Bertz CT molecular complexity index is 727. The van der Waals surface area contributed by atoms with Crippen LogP contribution in [-0.2, 0) is 0 Å². The molecule has 0 radical (unpaired) electrons. The van der Waals surface area contributed by atoms with Gasteiger partial charge in [0.2, 0.25) is 0 Å². The first-order valence-electron chi connectivity index (χ1n) is 7.22. The maximum Gasteiger partial charge on any atom is 0.324 e. The summed E-state index contributed by atoms with van der Waals surface area (Å²) in [7, 11) is 0. The summed E-state index contributed by atoms with van der Waals surface area (Å²) in [4.78, 5) is 17.2. The second-order valence-corrected chi connectivity index (χ2v) is 6.52. The monoisotopic (exact) mass is 326 g/mol. The van der Waals surface area contributed by atoms with Crippen molar-refractivity contribution in [2.24, 2.45) is 0 Å². The number of thioether (sulfide) groups is 1. The van der Waals surface area contributed by atoms with Gasteiger partial charge >= 0.3 is 6.03 Å². The number of amides is 2. The van der Waals surface area contributed by atoms with Gasteiger partial charge in [-0.15, -0.1) is 11.8 Å². The van der Waals surface area contributed by atoms with Crippen molar-refractivity contribution in [1.29, 1.82) is 5.26 Å². The number of para-hydroxylation sites is 1. The molecule has 23 heavy (non-hydrogen) atoms. The number of hydrogen-bond acceptors (Lipinski definition) is 4. The molecule has 0 aliphatic carbocycles. The molecule has 0 spiro atoms. The van der Waals surface area contributed by atoms with Crippen molar-refractivity contribution < 1.29 is 4.79 Å². The lowest BCUT2D eigenvalue weighted by Crippen LogP contribution is -2.21. The van der Waals surface area contributed by atoms with Crippen LogP contribution in [0.15, 0.2) is 47.5 Å². The van der Waals surface area contributed by atoms with Gasteiger partial charge in [0.1, 0.15) is 5.82 Å². The number of aromatic nitrogens is 1. The van der Waals surface area contributed by atoms with Crippen LogP contribution in [0.2, 0.25) is 0 Å². The van der Waals surface area contributed by atoms with Crippen LogP contribution in [0.5, 0.6) is 0 Å². The molecule has 1 aromatic heterocycles. The van der Waals surface area contributed by atoms with Crippen LogP contribution in [0, 0.1) is 18.3 Å². The highest BCUT2D eigenvalue weighted by Crippen LogP contribution is 2.31. The van der Waals surface area contributed by atoms with Crippen molar-refractivity contribution in [3.05, 3.63) is 48.2 Å². The van der Waals surface area contributed by atoms with Gasteiger partial charge in [0.05, 0.1) is 11.8 Å². The van der Waals surface area contributed by atoms with Crippen molar-refractivity contribution in [3.63, 3.8) is 0 Å². The van der Waals surface area contributed by atoms with Crippen LogP contribution >= 0.6 is 11.8 Å². The molecule has 0 bridgehead atoms. The smallest absolute Gasteiger partial charge is 0.307 e. The summed E-state index contributed by atoms with van der Waals surface area (Å²) in [6.45, 7) is 3.87. The second-order valence-electron chi connectivity index (χ2n) is 5.03. The SMILES string of the molecule is Cc1cccnc1NC(=O)Nc1ccccc1S[C@H](C)CC#N. The van der Waals surface area contributed by atoms with Gasteiger partial charge in [0.25, 0.3) is 0 Å². The summed E-state index contributed by atoms with van der Waals surface area (Å²) < 4.78 is 0. The van der Waals surface area contributed by atoms with Gasteiger partial charge in [-0.3, -0.25) is 5.32 Å². The van der Waals surface area contributed by atoms with E-state index in [-0.39, 0.29) is 11.3 Å². The summed E-state index contributed by atoms with van der Waals surface area (Å²) in [5, 5.41) is 14.5. The molecule has 0 aliphatic rings. The van der Waals surface area contributed by atoms with Gasteiger partial charge < -0.3 is 5.32 Å². The van der Waals surface area contributed by atoms with E-state index in [1.54, 1.807) is 18.0 Å². The number of nitrogens with zero attached hydrogens (tertiary/aromatic N) is 2. The van der Waals surface area contributed by atoms with E-state index in [1.807, 2.05) is 50.2 Å². The average molecular weight is 326 g/mol. The summed E-state index contributed by atoms with van der Waals surface area (Å²) in [6, 6.07) is 13.1. The zero-order chi connectivity index (χ0) is 16.7. The van der Waals surface area contributed by atoms with E-state index in [1.165, 1.54) is 0 Å². The molecule has 6 heteroatoms. The first-order chi connectivity index (χ1) is 11.1. The fourth-order valence-electron chi connectivity index (χ4n) is 1.94. The summed E-state index contributed by atoms with van der Waals surface area (Å²) in [5.74, 6) is 0.535. The van der Waals surface area contributed by atoms with Gasteiger partial charge in [0, 0.05) is 22.8 Å². The van der Waals surface area contributed by atoms with Crippen molar-refractivity contribution in [3.8, 4) is 6.07 Å². The molecule has 2 N–H and O–H groups in total. The molecule has 118 valence electrons. The van der Waals surface area contributed by atoms with E-state index in [9.17, 15) is 4.79 Å². The molecule has 0 aliphatic heterocycles. The Hall–Kier alpha value is -2.52. The van der Waals surface area contributed by atoms with E-state index in [2.05, 4.69) is 21.7 Å². The van der Waals surface area contributed by atoms with Gasteiger partial charge in [-0.05, 0) is 30.7 Å². The third-order valence-corrected chi connectivity index (χ3v) is 4.26. The highest BCUT2D eigenvalue weighted by molar-refractivity contribution is 8.00. The third kappa shape index (κ3) is 5.01. The van der Waals surface area contributed by atoms with E-state index in [0.717, 1.165) is 10.5 Å². The number of nitriles is 1. The minimum absolute atomic E-state index is 0.157. The number of carbonyl (C=O) groups is 1. The molecular formula is C17H18N4OS. The normalized spacial score (nSPS) is 11.3. The van der Waals surface area contributed by atoms with E-state index < -0.39 is 0 Å². The minimum atomic E-state index is -0.340.